The third-order valence-electron chi connectivity index (χ3n) is 3.57. The number of rotatable bonds is 5. The van der Waals surface area contributed by atoms with Crippen LogP contribution in [0, 0.1) is 0 Å². The fourth-order valence-electron chi connectivity index (χ4n) is 2.24. The van der Waals surface area contributed by atoms with E-state index in [1.165, 1.54) is 13.1 Å². The van der Waals surface area contributed by atoms with Gasteiger partial charge < -0.3 is 10.5 Å². The average Bonchev–Trinajstić information content (AvgIpc) is 2.98. The molecular formula is C17H16N4O3. The monoisotopic (exact) mass is 324 g/mol. The first-order valence-electron chi connectivity index (χ1n) is 7.40. The lowest BCUT2D eigenvalue weighted by Crippen LogP contribution is -2.30. The molecule has 0 aliphatic carbocycles. The van der Waals surface area contributed by atoms with E-state index in [-0.39, 0.29) is 5.56 Å². The number of hydrogen-bond acceptors (Lipinski definition) is 5. The second-order valence-electron chi connectivity index (χ2n) is 5.37. The highest BCUT2D eigenvalue weighted by atomic mass is 16.5. The van der Waals surface area contributed by atoms with Crippen LogP contribution in [-0.4, -0.2) is 32.7 Å². The van der Waals surface area contributed by atoms with Crippen molar-refractivity contribution in [2.75, 3.05) is 0 Å². The van der Waals surface area contributed by atoms with Gasteiger partial charge in [-0.3, -0.25) is 4.79 Å². The van der Waals surface area contributed by atoms with E-state index in [9.17, 15) is 9.59 Å². The quantitative estimate of drug-likeness (QED) is 0.717. The van der Waals surface area contributed by atoms with Crippen LogP contribution in [0.1, 0.15) is 22.8 Å². The molecule has 0 saturated carbocycles. The maximum atomic E-state index is 12.0. The number of ether oxygens (including phenoxy) is 1. The van der Waals surface area contributed by atoms with Crippen LogP contribution in [-0.2, 0) is 16.1 Å². The van der Waals surface area contributed by atoms with Gasteiger partial charge in [-0.2, -0.15) is 5.10 Å². The van der Waals surface area contributed by atoms with Gasteiger partial charge in [-0.15, -0.1) is 0 Å². The Morgan fingerprint density at radius 1 is 1.25 bits per heavy atom. The van der Waals surface area contributed by atoms with Gasteiger partial charge in [0, 0.05) is 11.6 Å². The third-order valence-corrected chi connectivity index (χ3v) is 3.57. The molecule has 0 aliphatic heterocycles. The third kappa shape index (κ3) is 3.24. The van der Waals surface area contributed by atoms with E-state index in [0.717, 1.165) is 5.56 Å². The van der Waals surface area contributed by atoms with Gasteiger partial charge in [0.15, 0.2) is 11.8 Å². The van der Waals surface area contributed by atoms with Gasteiger partial charge >= 0.3 is 5.97 Å². The summed E-state index contributed by atoms with van der Waals surface area (Å²) in [5, 5.41) is 5.02. The molecule has 2 aromatic heterocycles. The van der Waals surface area contributed by atoms with Gasteiger partial charge in [0.2, 0.25) is 0 Å². The number of pyridine rings is 1. The Labute approximate surface area is 138 Å². The van der Waals surface area contributed by atoms with E-state index < -0.39 is 18.0 Å². The van der Waals surface area contributed by atoms with Crippen LogP contribution in [0.2, 0.25) is 0 Å². The largest absolute Gasteiger partial charge is 0.449 e. The van der Waals surface area contributed by atoms with Crippen LogP contribution in [0.5, 0.6) is 0 Å². The van der Waals surface area contributed by atoms with E-state index in [4.69, 9.17) is 10.5 Å². The first kappa shape index (κ1) is 15.7. The standard InChI is InChI=1S/C17H16N4O3/c1-11(15(18)22)24-17(23)14-7-13-9-20-21(16(13)19-8-14)10-12-5-3-2-4-6-12/h2-9,11H,10H2,1H3,(H2,18,22)/t11-/m1/s1. The van der Waals surface area contributed by atoms with Crippen LogP contribution in [0.15, 0.2) is 48.8 Å². The van der Waals surface area contributed by atoms with Crippen molar-refractivity contribution in [3.8, 4) is 0 Å². The lowest BCUT2D eigenvalue weighted by atomic mass is 10.2. The van der Waals surface area contributed by atoms with Crippen molar-refractivity contribution in [3.05, 3.63) is 59.9 Å². The maximum absolute atomic E-state index is 12.0. The number of hydrogen-bond donors (Lipinski definition) is 1. The molecule has 0 saturated heterocycles. The molecule has 1 amide bonds. The van der Waals surface area contributed by atoms with Gasteiger partial charge in [-0.25, -0.2) is 14.5 Å². The molecule has 1 aromatic carbocycles. The number of carbonyl (C=O) groups is 2. The van der Waals surface area contributed by atoms with Gasteiger partial charge in [-0.1, -0.05) is 30.3 Å². The van der Waals surface area contributed by atoms with Gasteiger partial charge in [0.25, 0.3) is 5.91 Å². The van der Waals surface area contributed by atoms with Crippen molar-refractivity contribution in [1.82, 2.24) is 14.8 Å². The summed E-state index contributed by atoms with van der Waals surface area (Å²) in [4.78, 5) is 27.3. The van der Waals surface area contributed by atoms with Gasteiger partial charge in [0.1, 0.15) is 0 Å². The zero-order chi connectivity index (χ0) is 17.1. The molecule has 0 unspecified atom stereocenters. The van der Waals surface area contributed by atoms with Crippen molar-refractivity contribution in [3.63, 3.8) is 0 Å². The van der Waals surface area contributed by atoms with Gasteiger partial charge in [-0.05, 0) is 18.6 Å². The van der Waals surface area contributed by atoms with Crippen molar-refractivity contribution in [1.29, 1.82) is 0 Å². The maximum Gasteiger partial charge on any atom is 0.340 e. The van der Waals surface area contributed by atoms with Crippen LogP contribution in [0.4, 0.5) is 0 Å². The molecule has 122 valence electrons. The molecule has 2 N–H and O–H groups in total. The predicted molar refractivity (Wildman–Crippen MR) is 87.1 cm³/mol. The summed E-state index contributed by atoms with van der Waals surface area (Å²) in [7, 11) is 0. The molecule has 24 heavy (non-hydrogen) atoms. The molecule has 0 radical (unpaired) electrons. The van der Waals surface area contributed by atoms with Gasteiger partial charge in [0.05, 0.1) is 18.3 Å². The summed E-state index contributed by atoms with van der Waals surface area (Å²) < 4.78 is 6.72. The highest BCUT2D eigenvalue weighted by molar-refractivity contribution is 5.94. The minimum absolute atomic E-state index is 0.245. The fraction of sp³-hybridized carbons (Fsp3) is 0.176. The minimum atomic E-state index is -0.992. The number of primary amides is 1. The lowest BCUT2D eigenvalue weighted by molar-refractivity contribution is -0.125. The Kier molecular flexibility index (Phi) is 4.24. The van der Waals surface area contributed by atoms with Crippen molar-refractivity contribution in [2.24, 2.45) is 5.73 Å². The molecule has 0 bridgehead atoms. The zero-order valence-corrected chi connectivity index (χ0v) is 13.0. The predicted octanol–water partition coefficient (Wildman–Crippen LogP) is 1.51. The summed E-state index contributed by atoms with van der Waals surface area (Å²) in [6.07, 6.45) is 2.05. The smallest absolute Gasteiger partial charge is 0.340 e. The Morgan fingerprint density at radius 2 is 2.00 bits per heavy atom. The van der Waals surface area contributed by atoms with E-state index >= 15 is 0 Å². The molecular weight excluding hydrogens is 308 g/mol. The van der Waals surface area contributed by atoms with Crippen molar-refractivity contribution < 1.29 is 14.3 Å². The highest BCUT2D eigenvalue weighted by Crippen LogP contribution is 2.15. The summed E-state index contributed by atoms with van der Waals surface area (Å²) in [6, 6.07) is 11.5. The number of esters is 1. The van der Waals surface area contributed by atoms with Crippen molar-refractivity contribution >= 4 is 22.9 Å². The molecule has 3 aromatic rings. The Morgan fingerprint density at radius 3 is 2.71 bits per heavy atom. The summed E-state index contributed by atoms with van der Waals surface area (Å²) in [6.45, 7) is 2.00. The van der Waals surface area contributed by atoms with E-state index in [2.05, 4.69) is 10.1 Å². The normalized spacial score (nSPS) is 12.0. The van der Waals surface area contributed by atoms with E-state index in [1.807, 2.05) is 30.3 Å². The fourth-order valence-corrected chi connectivity index (χ4v) is 2.24. The first-order valence-corrected chi connectivity index (χ1v) is 7.40. The number of nitrogens with two attached hydrogens (primary N) is 1. The first-order chi connectivity index (χ1) is 11.5. The number of benzene rings is 1. The topological polar surface area (TPSA) is 100 Å². The Hall–Kier alpha value is -3.22. The summed E-state index contributed by atoms with van der Waals surface area (Å²) in [5.74, 6) is -1.35. The summed E-state index contributed by atoms with van der Waals surface area (Å²) >= 11 is 0. The lowest BCUT2D eigenvalue weighted by Gasteiger charge is -2.09. The Bertz CT molecular complexity index is 889. The summed E-state index contributed by atoms with van der Waals surface area (Å²) in [5.41, 5.74) is 7.09. The molecule has 1 atom stereocenters. The highest BCUT2D eigenvalue weighted by Gasteiger charge is 2.17. The molecule has 0 spiro atoms. The molecule has 7 heteroatoms. The van der Waals surface area contributed by atoms with E-state index in [0.29, 0.717) is 17.6 Å². The number of carbonyl (C=O) groups excluding carboxylic acids is 2. The minimum Gasteiger partial charge on any atom is -0.449 e. The average molecular weight is 324 g/mol. The number of fused-ring (bicyclic) bond motifs is 1. The molecule has 7 nitrogen and oxygen atoms in total. The van der Waals surface area contributed by atoms with Crippen LogP contribution >= 0.6 is 0 Å². The van der Waals surface area contributed by atoms with E-state index in [1.54, 1.807) is 16.9 Å². The zero-order valence-electron chi connectivity index (χ0n) is 13.0. The second kappa shape index (κ2) is 6.49. The van der Waals surface area contributed by atoms with Crippen LogP contribution in [0.3, 0.4) is 0 Å². The number of aromatic nitrogens is 3. The van der Waals surface area contributed by atoms with Crippen molar-refractivity contribution in [2.45, 2.75) is 19.6 Å². The Balaban J connectivity index is 1.83. The molecule has 0 fully saturated rings. The molecule has 3 rings (SSSR count). The van der Waals surface area contributed by atoms with Crippen LogP contribution < -0.4 is 5.73 Å². The molecule has 0 aliphatic rings. The molecule has 2 heterocycles. The number of amides is 1. The van der Waals surface area contributed by atoms with Crippen LogP contribution in [0.25, 0.3) is 11.0 Å². The SMILES string of the molecule is C[C@@H](OC(=O)c1cnc2c(cnn2Cc2ccccc2)c1)C(N)=O. The second-order valence-corrected chi connectivity index (χ2v) is 5.37. The number of nitrogens with zero attached hydrogens (tertiary/aromatic N) is 3.